The molecule has 6 rings (SSSR count). The molecule has 0 atom stereocenters. The number of morpholine rings is 1. The highest BCUT2D eigenvalue weighted by Crippen LogP contribution is 2.34. The van der Waals surface area contributed by atoms with Crippen molar-refractivity contribution in [3.05, 3.63) is 85.5 Å². The van der Waals surface area contributed by atoms with E-state index in [2.05, 4.69) is 10.2 Å². The minimum atomic E-state index is -0.632. The number of nitrogens with zero attached hydrogens (tertiary/aromatic N) is 4. The summed E-state index contributed by atoms with van der Waals surface area (Å²) in [6, 6.07) is 12.6. The minimum Gasteiger partial charge on any atom is -0.378 e. The van der Waals surface area contributed by atoms with Crippen molar-refractivity contribution in [1.82, 2.24) is 13.7 Å². The van der Waals surface area contributed by atoms with Gasteiger partial charge in [-0.15, -0.1) is 0 Å². The van der Waals surface area contributed by atoms with Crippen molar-refractivity contribution in [2.75, 3.05) is 36.5 Å². The number of hydrogen-bond donors (Lipinski definition) is 1. The Morgan fingerprint density at radius 2 is 1.71 bits per heavy atom. The van der Waals surface area contributed by atoms with Gasteiger partial charge in [-0.1, -0.05) is 17.6 Å². The molecule has 1 saturated heterocycles. The maximum absolute atomic E-state index is 14.7. The minimum absolute atomic E-state index is 0.0539. The number of anilines is 3. The molecule has 0 bridgehead atoms. The van der Waals surface area contributed by atoms with Crippen LogP contribution in [0.4, 0.5) is 21.5 Å². The van der Waals surface area contributed by atoms with E-state index in [9.17, 15) is 18.8 Å². The molecule has 2 aromatic carbocycles. The largest absolute Gasteiger partial charge is 0.378 e. The third kappa shape index (κ3) is 4.12. The fourth-order valence-corrected chi connectivity index (χ4v) is 4.98. The first-order valence-electron chi connectivity index (χ1n) is 12.5. The van der Waals surface area contributed by atoms with E-state index < -0.39 is 22.6 Å². The highest BCUT2D eigenvalue weighted by molar-refractivity contribution is 6.32. The van der Waals surface area contributed by atoms with Crippen LogP contribution in [0.3, 0.4) is 0 Å². The Kier molecular flexibility index (Phi) is 5.95. The molecular weight excluding hydrogens is 488 g/mol. The standard InChI is InChI=1S/C27H25BFN5O4/c1-31-23(35)15-22(30-21-8-5-16(28)13-20(21)29)24-25(31)33(27(37)34(26(24)36)17-6-7-17)19-4-2-3-18(14-19)32-9-11-38-12-10-32/h2-5,8,13-15,17,30H,6-7,9-12H2,1H3. The molecule has 192 valence electrons. The normalized spacial score (nSPS) is 15.7. The molecule has 2 aromatic heterocycles. The second-order valence-electron chi connectivity index (χ2n) is 9.66. The Labute approximate surface area is 218 Å². The van der Waals surface area contributed by atoms with Gasteiger partial charge in [0.05, 0.1) is 30.3 Å². The van der Waals surface area contributed by atoms with Gasteiger partial charge in [0.25, 0.3) is 11.1 Å². The summed E-state index contributed by atoms with van der Waals surface area (Å²) in [7, 11) is 7.20. The zero-order valence-electron chi connectivity index (χ0n) is 20.8. The number of ether oxygens (including phenoxy) is 1. The zero-order chi connectivity index (χ0) is 26.6. The number of benzene rings is 2. The van der Waals surface area contributed by atoms with Crippen LogP contribution in [0.2, 0.25) is 0 Å². The van der Waals surface area contributed by atoms with Crippen molar-refractivity contribution in [3.63, 3.8) is 0 Å². The SMILES string of the molecule is [B]c1ccc(Nc2cc(=O)n(C)c3c2c(=O)n(C2CC2)c(=O)n3-c2cccc(N3CCOCC3)c2)c(F)c1. The molecule has 2 radical (unpaired) electrons. The number of pyridine rings is 1. The summed E-state index contributed by atoms with van der Waals surface area (Å²) in [6.45, 7) is 2.62. The molecule has 2 fully saturated rings. The summed E-state index contributed by atoms with van der Waals surface area (Å²) in [4.78, 5) is 42.9. The lowest BCUT2D eigenvalue weighted by Crippen LogP contribution is -2.41. The maximum Gasteiger partial charge on any atom is 0.337 e. The Balaban J connectivity index is 1.64. The quantitative estimate of drug-likeness (QED) is 0.409. The number of hydrogen-bond acceptors (Lipinski definition) is 6. The van der Waals surface area contributed by atoms with Gasteiger partial charge in [-0.3, -0.25) is 18.7 Å². The van der Waals surface area contributed by atoms with Gasteiger partial charge in [0, 0.05) is 37.9 Å². The van der Waals surface area contributed by atoms with Crippen LogP contribution >= 0.6 is 0 Å². The van der Waals surface area contributed by atoms with Crippen molar-refractivity contribution in [2.45, 2.75) is 18.9 Å². The lowest BCUT2D eigenvalue weighted by Gasteiger charge is -2.29. The molecular formula is C27H25BFN5O4. The van der Waals surface area contributed by atoms with Gasteiger partial charge >= 0.3 is 5.69 Å². The molecule has 0 unspecified atom stereocenters. The van der Waals surface area contributed by atoms with Gasteiger partial charge in [-0.25, -0.2) is 13.8 Å². The number of nitrogens with one attached hydrogen (secondary N) is 1. The van der Waals surface area contributed by atoms with Crippen LogP contribution in [0.15, 0.2) is 62.9 Å². The molecule has 1 saturated carbocycles. The second kappa shape index (κ2) is 9.32. The van der Waals surface area contributed by atoms with Crippen LogP contribution in [0.5, 0.6) is 0 Å². The van der Waals surface area contributed by atoms with Gasteiger partial charge in [0.2, 0.25) is 0 Å². The average Bonchev–Trinajstić information content (AvgIpc) is 3.74. The lowest BCUT2D eigenvalue weighted by molar-refractivity contribution is 0.122. The van der Waals surface area contributed by atoms with Crippen LogP contribution in [-0.2, 0) is 11.8 Å². The molecule has 38 heavy (non-hydrogen) atoms. The molecule has 9 nitrogen and oxygen atoms in total. The predicted molar refractivity (Wildman–Crippen MR) is 145 cm³/mol. The van der Waals surface area contributed by atoms with Crippen LogP contribution in [0, 0.1) is 5.82 Å². The fourth-order valence-electron chi connectivity index (χ4n) is 4.98. The van der Waals surface area contributed by atoms with E-state index in [4.69, 9.17) is 12.6 Å². The number of rotatable bonds is 5. The Hall–Kier alpha value is -4.12. The number of fused-ring (bicyclic) bond motifs is 1. The zero-order valence-corrected chi connectivity index (χ0v) is 20.8. The van der Waals surface area contributed by atoms with Crippen molar-refractivity contribution >= 4 is 41.4 Å². The first-order chi connectivity index (χ1) is 18.3. The number of aromatic nitrogens is 3. The van der Waals surface area contributed by atoms with E-state index in [0.717, 1.165) is 11.8 Å². The van der Waals surface area contributed by atoms with Crippen LogP contribution in [-0.4, -0.2) is 47.9 Å². The summed E-state index contributed by atoms with van der Waals surface area (Å²) in [5, 5.41) is 3.02. The molecule has 1 aliphatic heterocycles. The van der Waals surface area contributed by atoms with E-state index in [-0.39, 0.29) is 33.9 Å². The van der Waals surface area contributed by atoms with Gasteiger partial charge < -0.3 is 15.0 Å². The van der Waals surface area contributed by atoms with Gasteiger partial charge in [-0.05, 0) is 43.2 Å². The molecule has 1 aliphatic carbocycles. The van der Waals surface area contributed by atoms with E-state index in [1.807, 2.05) is 18.2 Å². The monoisotopic (exact) mass is 513 g/mol. The first kappa shape index (κ1) is 24.2. The molecule has 0 spiro atoms. The third-order valence-corrected chi connectivity index (χ3v) is 7.09. The predicted octanol–water partition coefficient (Wildman–Crippen LogP) is 1.70. The van der Waals surface area contributed by atoms with Gasteiger partial charge in [0.1, 0.15) is 24.7 Å². The molecule has 1 N–H and O–H groups in total. The van der Waals surface area contributed by atoms with Gasteiger partial charge in [-0.2, -0.15) is 0 Å². The van der Waals surface area contributed by atoms with Crippen molar-refractivity contribution in [1.29, 1.82) is 0 Å². The molecule has 2 aliphatic rings. The summed E-state index contributed by atoms with van der Waals surface area (Å²) < 4.78 is 24.1. The van der Waals surface area contributed by atoms with Crippen LogP contribution in [0.25, 0.3) is 16.7 Å². The first-order valence-corrected chi connectivity index (χ1v) is 12.5. The van der Waals surface area contributed by atoms with Crippen molar-refractivity contribution in [3.8, 4) is 5.69 Å². The Morgan fingerprint density at radius 3 is 2.42 bits per heavy atom. The second-order valence-corrected chi connectivity index (χ2v) is 9.66. The topological polar surface area (TPSA) is 90.5 Å². The average molecular weight is 513 g/mol. The highest BCUT2D eigenvalue weighted by Gasteiger charge is 2.31. The smallest absolute Gasteiger partial charge is 0.337 e. The third-order valence-electron chi connectivity index (χ3n) is 7.09. The van der Waals surface area contributed by atoms with Crippen LogP contribution < -0.4 is 32.5 Å². The molecule has 0 amide bonds. The Morgan fingerprint density at radius 1 is 0.974 bits per heavy atom. The van der Waals surface area contributed by atoms with E-state index in [1.54, 1.807) is 6.07 Å². The van der Waals surface area contributed by atoms with Gasteiger partial charge in [0.15, 0.2) is 0 Å². The summed E-state index contributed by atoms with van der Waals surface area (Å²) in [5.74, 6) is -0.632. The molecule has 11 heteroatoms. The summed E-state index contributed by atoms with van der Waals surface area (Å²) >= 11 is 0. The van der Waals surface area contributed by atoms with Crippen molar-refractivity contribution < 1.29 is 9.13 Å². The molecule has 3 heterocycles. The Bertz CT molecular complexity index is 1750. The highest BCUT2D eigenvalue weighted by atomic mass is 19.1. The van der Waals surface area contributed by atoms with Crippen molar-refractivity contribution in [2.24, 2.45) is 7.05 Å². The summed E-state index contributed by atoms with van der Waals surface area (Å²) in [6.07, 6.45) is 1.41. The maximum atomic E-state index is 14.7. The van der Waals surface area contributed by atoms with E-state index in [1.165, 1.54) is 38.9 Å². The summed E-state index contributed by atoms with van der Waals surface area (Å²) in [5.41, 5.74) is 0.452. The lowest BCUT2D eigenvalue weighted by atomic mass is 9.96. The number of aryl methyl sites for hydroxylation is 1. The number of halogens is 1. The van der Waals surface area contributed by atoms with E-state index in [0.29, 0.717) is 44.8 Å². The fraction of sp³-hybridized carbons (Fsp3) is 0.296. The molecule has 4 aromatic rings. The van der Waals surface area contributed by atoms with Crippen LogP contribution in [0.1, 0.15) is 18.9 Å². The van der Waals surface area contributed by atoms with E-state index >= 15 is 0 Å².